The standard InChI is InChI=1S/C35H36N2O9/c1-4-5-16-37-21-36-28(17-23(33(38)39)18-31-26-12-8-9-13-29(26)45-35(43-3)46-31)32(37)27-15-14-24(42-2)19-30(27)44-20-22-10-6-7-11-25(22)34(40)41/h6-15,17,19,21,31,35H,4-5,16,18,20H2,1-3H3,(H,38,39)(H,40,41)/b23-17+. The summed E-state index contributed by atoms with van der Waals surface area (Å²) in [6.45, 7) is 1.72. The largest absolute Gasteiger partial charge is 0.497 e. The second-order valence-corrected chi connectivity index (χ2v) is 10.6. The van der Waals surface area contributed by atoms with Crippen molar-refractivity contribution in [1.29, 1.82) is 0 Å². The normalized spacial score (nSPS) is 15.9. The molecule has 2 atom stereocenters. The third-order valence-corrected chi connectivity index (χ3v) is 7.64. The van der Waals surface area contributed by atoms with Crippen molar-refractivity contribution in [2.24, 2.45) is 0 Å². The second-order valence-electron chi connectivity index (χ2n) is 10.6. The van der Waals surface area contributed by atoms with Crippen molar-refractivity contribution < 1.29 is 43.5 Å². The number of carboxylic acid groups (broad SMARTS) is 2. The summed E-state index contributed by atoms with van der Waals surface area (Å²) >= 11 is 0. The van der Waals surface area contributed by atoms with Gasteiger partial charge >= 0.3 is 18.4 Å². The summed E-state index contributed by atoms with van der Waals surface area (Å²) in [6.07, 6.45) is 4.42. The number of fused-ring (bicyclic) bond motifs is 1. The molecule has 0 amide bonds. The molecule has 0 aliphatic carbocycles. The minimum absolute atomic E-state index is 0.0154. The molecular formula is C35H36N2O9. The monoisotopic (exact) mass is 628 g/mol. The van der Waals surface area contributed by atoms with E-state index in [0.717, 1.165) is 12.8 Å². The number of aromatic carboxylic acids is 1. The lowest BCUT2D eigenvalue weighted by molar-refractivity contribution is -0.268. The Hall–Kier alpha value is -5.13. The molecular weight excluding hydrogens is 592 g/mol. The van der Waals surface area contributed by atoms with Gasteiger partial charge in [-0.2, -0.15) is 0 Å². The fraction of sp³-hybridized carbons (Fsp3) is 0.286. The molecule has 3 aromatic carbocycles. The van der Waals surface area contributed by atoms with Crippen molar-refractivity contribution in [3.8, 4) is 28.5 Å². The Morgan fingerprint density at radius 3 is 2.57 bits per heavy atom. The van der Waals surface area contributed by atoms with Crippen LogP contribution in [0.2, 0.25) is 0 Å². The fourth-order valence-electron chi connectivity index (χ4n) is 5.28. The predicted octanol–water partition coefficient (Wildman–Crippen LogP) is 6.57. The summed E-state index contributed by atoms with van der Waals surface area (Å²) in [7, 11) is 3.00. The Labute approximate surface area is 266 Å². The first-order valence-electron chi connectivity index (χ1n) is 14.9. The number of aryl methyl sites for hydroxylation is 1. The van der Waals surface area contributed by atoms with Crippen LogP contribution in [0.25, 0.3) is 17.3 Å². The van der Waals surface area contributed by atoms with Gasteiger partial charge in [0.05, 0.1) is 36.5 Å². The number of aromatic nitrogens is 2. The van der Waals surface area contributed by atoms with E-state index >= 15 is 0 Å². The van der Waals surface area contributed by atoms with E-state index in [0.29, 0.717) is 51.9 Å². The molecule has 1 aliphatic heterocycles. The third-order valence-electron chi connectivity index (χ3n) is 7.64. The van der Waals surface area contributed by atoms with Gasteiger partial charge in [0.15, 0.2) is 0 Å². The predicted molar refractivity (Wildman–Crippen MR) is 169 cm³/mol. The van der Waals surface area contributed by atoms with Crippen LogP contribution in [0.15, 0.2) is 78.6 Å². The summed E-state index contributed by atoms with van der Waals surface area (Å²) in [4.78, 5) is 29.1. The minimum atomic E-state index is -1.12. The molecule has 5 rings (SSSR count). The maximum absolute atomic E-state index is 12.7. The molecule has 0 saturated carbocycles. The van der Waals surface area contributed by atoms with Crippen LogP contribution in [0.5, 0.6) is 17.2 Å². The highest BCUT2D eigenvalue weighted by Gasteiger charge is 2.31. The van der Waals surface area contributed by atoms with Crippen LogP contribution in [-0.2, 0) is 27.4 Å². The third kappa shape index (κ3) is 7.22. The number of para-hydroxylation sites is 1. The van der Waals surface area contributed by atoms with Gasteiger partial charge in [0.1, 0.15) is 23.9 Å². The van der Waals surface area contributed by atoms with Crippen LogP contribution in [-0.4, -0.2) is 52.4 Å². The smallest absolute Gasteiger partial charge is 0.336 e. The number of aliphatic carboxylic acids is 1. The van der Waals surface area contributed by atoms with E-state index < -0.39 is 24.5 Å². The van der Waals surface area contributed by atoms with Gasteiger partial charge in [-0.3, -0.25) is 0 Å². The molecule has 0 fully saturated rings. The number of rotatable bonds is 14. The van der Waals surface area contributed by atoms with Crippen LogP contribution in [0.3, 0.4) is 0 Å². The Bertz CT molecular complexity index is 1730. The Balaban J connectivity index is 1.56. The van der Waals surface area contributed by atoms with Crippen molar-refractivity contribution in [2.75, 3.05) is 14.2 Å². The van der Waals surface area contributed by atoms with Gasteiger partial charge in [-0.15, -0.1) is 0 Å². The minimum Gasteiger partial charge on any atom is -0.497 e. The average molecular weight is 629 g/mol. The first-order valence-corrected chi connectivity index (χ1v) is 14.9. The summed E-state index contributed by atoms with van der Waals surface area (Å²) in [6, 6.07) is 19.3. The molecule has 0 spiro atoms. The summed E-state index contributed by atoms with van der Waals surface area (Å²) < 4.78 is 30.6. The highest BCUT2D eigenvalue weighted by molar-refractivity contribution is 5.93. The van der Waals surface area contributed by atoms with Crippen molar-refractivity contribution in [1.82, 2.24) is 9.55 Å². The molecule has 0 saturated heterocycles. The van der Waals surface area contributed by atoms with E-state index in [4.69, 9.17) is 23.7 Å². The number of ether oxygens (including phenoxy) is 5. The molecule has 2 N–H and O–H groups in total. The molecule has 11 nitrogen and oxygen atoms in total. The van der Waals surface area contributed by atoms with E-state index in [1.807, 2.05) is 28.8 Å². The number of hydrogen-bond acceptors (Lipinski definition) is 8. The first kappa shape index (κ1) is 32.3. The molecule has 4 aromatic rings. The van der Waals surface area contributed by atoms with Crippen LogP contribution < -0.4 is 14.2 Å². The number of imidazole rings is 1. The molecule has 1 aliphatic rings. The van der Waals surface area contributed by atoms with Gasteiger partial charge in [-0.1, -0.05) is 49.7 Å². The van der Waals surface area contributed by atoms with Gasteiger partial charge in [0, 0.05) is 48.4 Å². The number of carboxylic acids is 2. The lowest BCUT2D eigenvalue weighted by Gasteiger charge is -2.31. The lowest BCUT2D eigenvalue weighted by Crippen LogP contribution is -2.30. The first-order chi connectivity index (χ1) is 22.3. The summed E-state index contributed by atoms with van der Waals surface area (Å²) in [5.74, 6) is -0.647. The number of benzene rings is 3. The van der Waals surface area contributed by atoms with Crippen LogP contribution in [0.4, 0.5) is 0 Å². The second kappa shape index (κ2) is 14.8. The van der Waals surface area contributed by atoms with E-state index in [2.05, 4.69) is 11.9 Å². The van der Waals surface area contributed by atoms with Crippen molar-refractivity contribution in [3.05, 3.63) is 101 Å². The number of unbranched alkanes of at least 4 members (excludes halogenated alkanes) is 1. The van der Waals surface area contributed by atoms with Crippen molar-refractivity contribution >= 4 is 18.0 Å². The molecule has 2 unspecified atom stereocenters. The molecule has 46 heavy (non-hydrogen) atoms. The SMILES string of the molecule is CCCCn1cnc(/C=C(\CC2OC(OC)Oc3ccccc32)C(=O)O)c1-c1ccc(OC)cc1OCc1ccccc1C(=O)O. The average Bonchev–Trinajstić information content (AvgIpc) is 3.47. The molecule has 1 aromatic heterocycles. The molecule has 240 valence electrons. The number of carbonyl (C=O) groups is 2. The maximum Gasteiger partial charge on any atom is 0.336 e. The zero-order valence-electron chi connectivity index (χ0n) is 25.8. The van der Waals surface area contributed by atoms with Crippen LogP contribution in [0, 0.1) is 0 Å². The molecule has 11 heteroatoms. The van der Waals surface area contributed by atoms with Crippen molar-refractivity contribution in [2.45, 2.75) is 51.9 Å². The maximum atomic E-state index is 12.7. The topological polar surface area (TPSA) is 139 Å². The van der Waals surface area contributed by atoms with Crippen molar-refractivity contribution in [3.63, 3.8) is 0 Å². The zero-order valence-corrected chi connectivity index (χ0v) is 25.8. The molecule has 2 heterocycles. The van der Waals surface area contributed by atoms with Gasteiger partial charge < -0.3 is 38.5 Å². The number of methoxy groups -OCH3 is 2. The fourth-order valence-corrected chi connectivity index (χ4v) is 5.28. The highest BCUT2D eigenvalue weighted by Crippen LogP contribution is 2.40. The Kier molecular flexibility index (Phi) is 10.4. The molecule has 0 bridgehead atoms. The van der Waals surface area contributed by atoms with E-state index in [1.165, 1.54) is 13.2 Å². The quantitative estimate of drug-likeness (QED) is 0.147. The highest BCUT2D eigenvalue weighted by atomic mass is 16.8. The summed E-state index contributed by atoms with van der Waals surface area (Å²) in [5.41, 5.74) is 3.15. The Morgan fingerprint density at radius 2 is 1.83 bits per heavy atom. The van der Waals surface area contributed by atoms with Crippen LogP contribution in [0.1, 0.15) is 59.5 Å². The van der Waals surface area contributed by atoms with E-state index in [-0.39, 0.29) is 24.2 Å². The van der Waals surface area contributed by atoms with Gasteiger partial charge in [-0.05, 0) is 36.8 Å². The van der Waals surface area contributed by atoms with E-state index in [1.54, 1.807) is 55.9 Å². The van der Waals surface area contributed by atoms with Gasteiger partial charge in [0.25, 0.3) is 0 Å². The zero-order chi connectivity index (χ0) is 32.6. The number of nitrogens with zero attached hydrogens (tertiary/aromatic N) is 2. The Morgan fingerprint density at radius 1 is 1.04 bits per heavy atom. The van der Waals surface area contributed by atoms with E-state index in [9.17, 15) is 19.8 Å². The van der Waals surface area contributed by atoms with Crippen LogP contribution >= 0.6 is 0 Å². The van der Waals surface area contributed by atoms with Gasteiger partial charge in [0.2, 0.25) is 0 Å². The van der Waals surface area contributed by atoms with Gasteiger partial charge in [-0.25, -0.2) is 14.6 Å². The lowest BCUT2D eigenvalue weighted by atomic mass is 9.98. The summed E-state index contributed by atoms with van der Waals surface area (Å²) in [5, 5.41) is 20.0. The number of hydrogen-bond donors (Lipinski definition) is 2. The molecule has 0 radical (unpaired) electrons.